The van der Waals surface area contributed by atoms with Crippen LogP contribution in [0.2, 0.25) is 0 Å². The summed E-state index contributed by atoms with van der Waals surface area (Å²) in [4.78, 5) is 12.8. The summed E-state index contributed by atoms with van der Waals surface area (Å²) < 4.78 is 16.6. The number of morpholine rings is 1. The molecule has 1 unspecified atom stereocenters. The maximum absolute atomic E-state index is 10.9. The van der Waals surface area contributed by atoms with Crippen molar-refractivity contribution in [2.45, 2.75) is 12.6 Å². The van der Waals surface area contributed by atoms with Crippen molar-refractivity contribution in [3.8, 4) is 11.7 Å². The third-order valence-electron chi connectivity index (χ3n) is 3.04. The van der Waals surface area contributed by atoms with E-state index in [1.54, 1.807) is 12.1 Å². The molecular weight excluding hydrogens is 346 g/mol. The highest BCUT2D eigenvalue weighted by Crippen LogP contribution is 2.24. The van der Waals surface area contributed by atoms with Crippen molar-refractivity contribution in [1.29, 1.82) is 0 Å². The molecule has 1 aliphatic heterocycles. The molecule has 1 aliphatic rings. The van der Waals surface area contributed by atoms with Gasteiger partial charge in [0.2, 0.25) is 5.89 Å². The molecule has 1 N–H and O–H groups in total. The summed E-state index contributed by atoms with van der Waals surface area (Å²) >= 11 is 3.20. The van der Waals surface area contributed by atoms with Crippen LogP contribution in [0.25, 0.3) is 11.7 Å². The van der Waals surface area contributed by atoms with Crippen LogP contribution in [0.3, 0.4) is 0 Å². The first kappa shape index (κ1) is 14.2. The van der Waals surface area contributed by atoms with Crippen molar-refractivity contribution in [1.82, 2.24) is 15.1 Å². The fraction of sp³-hybridized carbons (Fsp3) is 0.417. The minimum absolute atomic E-state index is 0.291. The van der Waals surface area contributed by atoms with Gasteiger partial charge in [0.15, 0.2) is 16.5 Å². The van der Waals surface area contributed by atoms with E-state index in [4.69, 9.17) is 18.7 Å². The number of aromatic nitrogens is 2. The lowest BCUT2D eigenvalue weighted by molar-refractivity contribution is -0.156. The third kappa shape index (κ3) is 3.31. The second kappa shape index (κ2) is 5.96. The van der Waals surface area contributed by atoms with Crippen molar-refractivity contribution >= 4 is 21.9 Å². The molecule has 0 amide bonds. The van der Waals surface area contributed by atoms with Gasteiger partial charge in [-0.15, -0.1) is 10.2 Å². The van der Waals surface area contributed by atoms with E-state index in [0.29, 0.717) is 48.5 Å². The van der Waals surface area contributed by atoms with Crippen LogP contribution in [0.5, 0.6) is 0 Å². The van der Waals surface area contributed by atoms with Crippen molar-refractivity contribution in [2.24, 2.45) is 0 Å². The molecule has 1 atom stereocenters. The Kier molecular flexibility index (Phi) is 4.04. The van der Waals surface area contributed by atoms with Gasteiger partial charge in [-0.05, 0) is 28.1 Å². The standard InChI is InChI=1S/C12H12BrN3O5/c13-9-2-1-7(20-9)11-15-14-10(21-11)6-16-3-4-19-8(5-16)12(17)18/h1-2,8H,3-6H2,(H,17,18). The van der Waals surface area contributed by atoms with Crippen LogP contribution in [-0.2, 0) is 16.1 Å². The zero-order valence-corrected chi connectivity index (χ0v) is 12.4. The number of furan rings is 1. The summed E-state index contributed by atoms with van der Waals surface area (Å²) in [5, 5.41) is 16.8. The van der Waals surface area contributed by atoms with Crippen LogP contribution in [0.15, 0.2) is 25.6 Å². The molecule has 112 valence electrons. The fourth-order valence-corrected chi connectivity index (χ4v) is 2.34. The van der Waals surface area contributed by atoms with Crippen molar-refractivity contribution in [3.05, 3.63) is 22.7 Å². The second-order valence-corrected chi connectivity index (χ2v) is 5.32. The number of carbonyl (C=O) groups is 1. The molecule has 0 spiro atoms. The quantitative estimate of drug-likeness (QED) is 0.875. The van der Waals surface area contributed by atoms with Crippen LogP contribution in [0.4, 0.5) is 0 Å². The van der Waals surface area contributed by atoms with Crippen LogP contribution in [-0.4, -0.2) is 52.0 Å². The van der Waals surface area contributed by atoms with Gasteiger partial charge >= 0.3 is 5.97 Å². The Balaban J connectivity index is 1.65. The Labute approximate surface area is 127 Å². The van der Waals surface area contributed by atoms with Crippen LogP contribution in [0.1, 0.15) is 5.89 Å². The van der Waals surface area contributed by atoms with Crippen molar-refractivity contribution in [3.63, 3.8) is 0 Å². The predicted molar refractivity (Wildman–Crippen MR) is 72.4 cm³/mol. The monoisotopic (exact) mass is 357 g/mol. The van der Waals surface area contributed by atoms with E-state index in [1.165, 1.54) is 0 Å². The molecule has 0 saturated carbocycles. The SMILES string of the molecule is O=C(O)C1CN(Cc2nnc(-c3ccc(Br)o3)o2)CCO1. The summed E-state index contributed by atoms with van der Waals surface area (Å²) in [6.45, 7) is 1.65. The second-order valence-electron chi connectivity index (χ2n) is 4.54. The Morgan fingerprint density at radius 2 is 2.29 bits per heavy atom. The van der Waals surface area contributed by atoms with E-state index < -0.39 is 12.1 Å². The van der Waals surface area contributed by atoms with Gasteiger partial charge in [-0.25, -0.2) is 4.79 Å². The van der Waals surface area contributed by atoms with Gasteiger partial charge in [-0.3, -0.25) is 4.90 Å². The molecule has 0 aliphatic carbocycles. The van der Waals surface area contributed by atoms with Gasteiger partial charge in [0.1, 0.15) is 0 Å². The van der Waals surface area contributed by atoms with E-state index in [1.807, 2.05) is 4.90 Å². The molecule has 1 fully saturated rings. The number of ether oxygens (including phenoxy) is 1. The Morgan fingerprint density at radius 3 is 3.00 bits per heavy atom. The topological polar surface area (TPSA) is 102 Å². The van der Waals surface area contributed by atoms with Crippen molar-refractivity contribution in [2.75, 3.05) is 19.7 Å². The largest absolute Gasteiger partial charge is 0.479 e. The highest BCUT2D eigenvalue weighted by molar-refractivity contribution is 9.10. The van der Waals surface area contributed by atoms with E-state index >= 15 is 0 Å². The van der Waals surface area contributed by atoms with Gasteiger partial charge in [0.25, 0.3) is 5.89 Å². The van der Waals surface area contributed by atoms with E-state index in [-0.39, 0.29) is 0 Å². The maximum Gasteiger partial charge on any atom is 0.334 e. The summed E-state index contributed by atoms with van der Waals surface area (Å²) in [6, 6.07) is 3.45. The molecule has 1 saturated heterocycles. The molecule has 2 aromatic heterocycles. The van der Waals surface area contributed by atoms with Gasteiger partial charge in [-0.1, -0.05) is 0 Å². The molecule has 0 radical (unpaired) electrons. The maximum atomic E-state index is 10.9. The van der Waals surface area contributed by atoms with E-state index in [9.17, 15) is 4.79 Å². The minimum Gasteiger partial charge on any atom is -0.479 e. The number of rotatable bonds is 4. The highest BCUT2D eigenvalue weighted by Gasteiger charge is 2.27. The Bertz CT molecular complexity index is 640. The molecule has 2 aromatic rings. The average molecular weight is 358 g/mol. The van der Waals surface area contributed by atoms with Gasteiger partial charge in [0, 0.05) is 13.1 Å². The Hall–Kier alpha value is -1.71. The summed E-state index contributed by atoms with van der Waals surface area (Å²) in [6.07, 6.45) is -0.817. The number of carboxylic acid groups (broad SMARTS) is 1. The zero-order valence-electron chi connectivity index (χ0n) is 10.9. The predicted octanol–water partition coefficient (Wildman–Crippen LogP) is 1.38. The molecular formula is C12H12BrN3O5. The summed E-state index contributed by atoms with van der Waals surface area (Å²) in [5.74, 6) is 0.208. The highest BCUT2D eigenvalue weighted by atomic mass is 79.9. The first-order chi connectivity index (χ1) is 10.1. The first-order valence-corrected chi connectivity index (χ1v) is 7.06. The van der Waals surface area contributed by atoms with E-state index in [0.717, 1.165) is 0 Å². The van der Waals surface area contributed by atoms with Crippen LogP contribution < -0.4 is 0 Å². The number of hydrogen-bond donors (Lipinski definition) is 1. The summed E-state index contributed by atoms with van der Waals surface area (Å²) in [5.41, 5.74) is 0. The van der Waals surface area contributed by atoms with E-state index in [2.05, 4.69) is 26.1 Å². The molecule has 3 heterocycles. The zero-order chi connectivity index (χ0) is 14.8. The lowest BCUT2D eigenvalue weighted by Crippen LogP contribution is -2.45. The molecule has 9 heteroatoms. The number of nitrogens with zero attached hydrogens (tertiary/aromatic N) is 3. The number of hydrogen-bond acceptors (Lipinski definition) is 7. The van der Waals surface area contributed by atoms with Gasteiger partial charge in [0.05, 0.1) is 13.2 Å². The lowest BCUT2D eigenvalue weighted by atomic mass is 10.3. The van der Waals surface area contributed by atoms with Crippen LogP contribution in [0, 0.1) is 0 Å². The minimum atomic E-state index is -0.966. The fourth-order valence-electron chi connectivity index (χ4n) is 2.03. The third-order valence-corrected chi connectivity index (χ3v) is 3.46. The molecule has 0 bridgehead atoms. The smallest absolute Gasteiger partial charge is 0.334 e. The summed E-state index contributed by atoms with van der Waals surface area (Å²) in [7, 11) is 0. The normalized spacial score (nSPS) is 19.8. The number of carboxylic acids is 1. The first-order valence-electron chi connectivity index (χ1n) is 6.26. The average Bonchev–Trinajstić information content (AvgIpc) is 3.08. The molecule has 21 heavy (non-hydrogen) atoms. The Morgan fingerprint density at radius 1 is 1.43 bits per heavy atom. The molecule has 0 aromatic carbocycles. The van der Waals surface area contributed by atoms with Gasteiger partial charge < -0.3 is 18.7 Å². The molecule has 8 nitrogen and oxygen atoms in total. The lowest BCUT2D eigenvalue weighted by Gasteiger charge is -2.29. The number of halogens is 1. The van der Waals surface area contributed by atoms with Crippen molar-refractivity contribution < 1.29 is 23.5 Å². The number of aliphatic carboxylic acids is 1. The van der Waals surface area contributed by atoms with Crippen LogP contribution >= 0.6 is 15.9 Å². The molecule has 3 rings (SSSR count). The van der Waals surface area contributed by atoms with Gasteiger partial charge in [-0.2, -0.15) is 0 Å².